The van der Waals surface area contributed by atoms with Crippen LogP contribution in [0.2, 0.25) is 0 Å². The van der Waals surface area contributed by atoms with Crippen molar-refractivity contribution in [3.05, 3.63) is 47.2 Å². The number of alkyl halides is 3. The van der Waals surface area contributed by atoms with Gasteiger partial charge in [0.1, 0.15) is 0 Å². The summed E-state index contributed by atoms with van der Waals surface area (Å²) in [5, 5.41) is 1.94. The predicted octanol–water partition coefficient (Wildman–Crippen LogP) is 3.38. The fourth-order valence-electron chi connectivity index (χ4n) is 4.84. The molecule has 32 heavy (non-hydrogen) atoms. The van der Waals surface area contributed by atoms with Crippen LogP contribution in [0.1, 0.15) is 49.9 Å². The molecule has 1 N–H and O–H groups in total. The van der Waals surface area contributed by atoms with E-state index in [2.05, 4.69) is 0 Å². The van der Waals surface area contributed by atoms with Crippen LogP contribution in [0.15, 0.2) is 41.6 Å². The zero-order chi connectivity index (χ0) is 23.3. The van der Waals surface area contributed by atoms with Crippen LogP contribution < -0.4 is 5.32 Å². The van der Waals surface area contributed by atoms with Gasteiger partial charge in [-0.05, 0) is 36.8 Å². The average Bonchev–Trinajstić information content (AvgIpc) is 3.29. The number of halogens is 3. The highest BCUT2D eigenvalue weighted by Gasteiger charge is 2.71. The number of ether oxygens (including phenoxy) is 1. The van der Waals surface area contributed by atoms with Gasteiger partial charge in [-0.2, -0.15) is 13.2 Å². The van der Waals surface area contributed by atoms with E-state index in [4.69, 9.17) is 4.74 Å². The molecule has 2 amide bonds. The summed E-state index contributed by atoms with van der Waals surface area (Å²) in [5.41, 5.74) is -4.68. The number of benzene rings is 1. The maximum Gasteiger partial charge on any atom is 0.425 e. The third-order valence-electron chi connectivity index (χ3n) is 6.29. The van der Waals surface area contributed by atoms with Gasteiger partial charge in [-0.1, -0.05) is 32.0 Å². The molecular formula is C23H25F3N2O4. The number of hydrogen-bond donors (Lipinski definition) is 1. The Bertz CT molecular complexity index is 981. The molecule has 1 saturated heterocycles. The van der Waals surface area contributed by atoms with Crippen LogP contribution in [0.5, 0.6) is 0 Å². The summed E-state index contributed by atoms with van der Waals surface area (Å²) < 4.78 is 49.6. The van der Waals surface area contributed by atoms with Crippen molar-refractivity contribution in [3.8, 4) is 0 Å². The number of carbonyl (C=O) groups is 3. The Balaban J connectivity index is 1.84. The molecule has 1 aliphatic carbocycles. The summed E-state index contributed by atoms with van der Waals surface area (Å²) in [6.45, 7) is 3.94. The van der Waals surface area contributed by atoms with E-state index < -0.39 is 46.4 Å². The molecular weight excluding hydrogens is 425 g/mol. The van der Waals surface area contributed by atoms with Crippen LogP contribution in [0.4, 0.5) is 13.2 Å². The molecule has 6 nitrogen and oxygen atoms in total. The number of rotatable bonds is 4. The molecule has 0 unspecified atom stereocenters. The number of Topliss-reactive ketones (excluding diaryl/α,β-unsaturated/α-hetero) is 1. The van der Waals surface area contributed by atoms with Crippen LogP contribution in [-0.4, -0.2) is 53.5 Å². The minimum atomic E-state index is -5.21. The fourth-order valence-corrected chi connectivity index (χ4v) is 4.84. The molecule has 3 aliphatic rings. The summed E-state index contributed by atoms with van der Waals surface area (Å²) in [6.07, 6.45) is -4.30. The maximum absolute atomic E-state index is 14.7. The average molecular weight is 450 g/mol. The molecule has 1 aromatic rings. The van der Waals surface area contributed by atoms with Gasteiger partial charge in [0.05, 0.1) is 18.2 Å². The lowest BCUT2D eigenvalue weighted by molar-refractivity contribution is -0.191. The van der Waals surface area contributed by atoms with Gasteiger partial charge < -0.3 is 15.0 Å². The minimum absolute atomic E-state index is 0.0350. The smallest absolute Gasteiger partial charge is 0.376 e. The van der Waals surface area contributed by atoms with Gasteiger partial charge in [0.2, 0.25) is 5.54 Å². The second-order valence-corrected chi connectivity index (χ2v) is 9.38. The van der Waals surface area contributed by atoms with Gasteiger partial charge in [0, 0.05) is 24.3 Å². The van der Waals surface area contributed by atoms with E-state index in [1.165, 1.54) is 24.3 Å². The van der Waals surface area contributed by atoms with E-state index in [0.29, 0.717) is 13.0 Å². The van der Waals surface area contributed by atoms with Crippen LogP contribution in [-0.2, 0) is 14.3 Å². The lowest BCUT2D eigenvalue weighted by Crippen LogP contribution is -2.66. The molecule has 0 aromatic heterocycles. The normalized spacial score (nSPS) is 27.7. The van der Waals surface area contributed by atoms with Crippen molar-refractivity contribution in [2.24, 2.45) is 5.41 Å². The first-order valence-electron chi connectivity index (χ1n) is 10.6. The number of hydrogen-bond acceptors (Lipinski definition) is 4. The molecule has 0 radical (unpaired) electrons. The van der Waals surface area contributed by atoms with Crippen LogP contribution in [0.25, 0.3) is 0 Å². The van der Waals surface area contributed by atoms with Crippen LogP contribution in [0.3, 0.4) is 0 Å². The Hall–Kier alpha value is -2.68. The molecule has 2 atom stereocenters. The maximum atomic E-state index is 14.7. The molecule has 2 heterocycles. The van der Waals surface area contributed by atoms with Crippen molar-refractivity contribution in [2.75, 3.05) is 13.2 Å². The molecule has 0 bridgehead atoms. The Labute approximate surface area is 183 Å². The fraction of sp³-hybridized carbons (Fsp3) is 0.522. The van der Waals surface area contributed by atoms with E-state index in [0.717, 1.165) is 11.3 Å². The van der Waals surface area contributed by atoms with E-state index in [1.807, 2.05) is 5.32 Å². The molecule has 1 fully saturated rings. The SMILES string of the molecule is CC1(C)CC(=O)C2=C(C1)N(C[C@@H]1CCCO1)C(=O)[C@@]2(NC(=O)c1ccccc1)C(F)(F)F. The number of nitrogens with zero attached hydrogens (tertiary/aromatic N) is 1. The molecule has 0 saturated carbocycles. The summed E-state index contributed by atoms with van der Waals surface area (Å²) in [4.78, 5) is 40.4. The third-order valence-corrected chi connectivity index (χ3v) is 6.29. The molecule has 0 spiro atoms. The summed E-state index contributed by atoms with van der Waals surface area (Å²) >= 11 is 0. The highest BCUT2D eigenvalue weighted by molar-refractivity contribution is 6.14. The van der Waals surface area contributed by atoms with E-state index >= 15 is 0 Å². The van der Waals surface area contributed by atoms with Crippen molar-refractivity contribution in [3.63, 3.8) is 0 Å². The molecule has 2 aliphatic heterocycles. The number of allylic oxidation sites excluding steroid dienone is 1. The van der Waals surface area contributed by atoms with Gasteiger partial charge in [-0.15, -0.1) is 0 Å². The van der Waals surface area contributed by atoms with Gasteiger partial charge >= 0.3 is 6.18 Å². The summed E-state index contributed by atoms with van der Waals surface area (Å²) in [5.74, 6) is -3.19. The van der Waals surface area contributed by atoms with Crippen molar-refractivity contribution in [1.29, 1.82) is 0 Å². The minimum Gasteiger partial charge on any atom is -0.376 e. The first-order valence-corrected chi connectivity index (χ1v) is 10.6. The Morgan fingerprint density at radius 1 is 1.19 bits per heavy atom. The van der Waals surface area contributed by atoms with Crippen molar-refractivity contribution in [2.45, 2.75) is 57.3 Å². The van der Waals surface area contributed by atoms with E-state index in [-0.39, 0.29) is 30.6 Å². The Morgan fingerprint density at radius 3 is 2.47 bits per heavy atom. The predicted molar refractivity (Wildman–Crippen MR) is 108 cm³/mol. The lowest BCUT2D eigenvalue weighted by Gasteiger charge is -2.35. The largest absolute Gasteiger partial charge is 0.425 e. The van der Waals surface area contributed by atoms with Crippen molar-refractivity contribution < 1.29 is 32.3 Å². The molecule has 4 rings (SSSR count). The standard InChI is InChI=1S/C23H25F3N2O4/c1-21(2)11-16-18(17(29)12-21)22(23(24,25)26,27-19(30)14-7-4-3-5-8-14)20(31)28(16)13-15-9-6-10-32-15/h3-5,7-8,15H,6,9-13H2,1-2H3,(H,27,30)/t15-,22+/m0/s1. The molecule has 1 aromatic carbocycles. The molecule has 172 valence electrons. The zero-order valence-corrected chi connectivity index (χ0v) is 17.9. The zero-order valence-electron chi connectivity index (χ0n) is 17.9. The summed E-state index contributed by atoms with van der Waals surface area (Å²) in [6, 6.07) is 7.34. The van der Waals surface area contributed by atoms with Gasteiger partial charge in [-0.25, -0.2) is 0 Å². The van der Waals surface area contributed by atoms with Crippen molar-refractivity contribution >= 4 is 17.6 Å². The van der Waals surface area contributed by atoms with E-state index in [1.54, 1.807) is 19.9 Å². The topological polar surface area (TPSA) is 75.7 Å². The number of carbonyl (C=O) groups excluding carboxylic acids is 3. The van der Waals surface area contributed by atoms with Gasteiger partial charge in [-0.3, -0.25) is 14.4 Å². The molecule has 9 heteroatoms. The number of nitrogens with one attached hydrogen (secondary N) is 1. The van der Waals surface area contributed by atoms with E-state index in [9.17, 15) is 27.6 Å². The highest BCUT2D eigenvalue weighted by atomic mass is 19.4. The summed E-state index contributed by atoms with van der Waals surface area (Å²) in [7, 11) is 0. The first kappa shape index (κ1) is 22.5. The lowest BCUT2D eigenvalue weighted by atomic mass is 9.72. The number of ketones is 1. The second kappa shape index (κ2) is 7.72. The van der Waals surface area contributed by atoms with Gasteiger partial charge in [0.25, 0.3) is 11.8 Å². The monoisotopic (exact) mass is 450 g/mol. The number of amides is 2. The first-order chi connectivity index (χ1) is 15.0. The van der Waals surface area contributed by atoms with Crippen LogP contribution >= 0.6 is 0 Å². The Kier molecular flexibility index (Phi) is 5.43. The van der Waals surface area contributed by atoms with Crippen molar-refractivity contribution in [1.82, 2.24) is 10.2 Å². The highest BCUT2D eigenvalue weighted by Crippen LogP contribution is 2.52. The quantitative estimate of drug-likeness (QED) is 0.763. The van der Waals surface area contributed by atoms with Gasteiger partial charge in [0.15, 0.2) is 5.78 Å². The third kappa shape index (κ3) is 3.62. The Morgan fingerprint density at radius 2 is 1.88 bits per heavy atom. The van der Waals surface area contributed by atoms with Crippen LogP contribution in [0, 0.1) is 5.41 Å². The second-order valence-electron chi connectivity index (χ2n) is 9.38.